The zero-order valence-corrected chi connectivity index (χ0v) is 12.8. The summed E-state index contributed by atoms with van der Waals surface area (Å²) in [6.45, 7) is 2.03. The predicted octanol–water partition coefficient (Wildman–Crippen LogP) is 2.14. The maximum absolute atomic E-state index is 11.6. The zero-order valence-electron chi connectivity index (χ0n) is 12.8. The van der Waals surface area contributed by atoms with Gasteiger partial charge < -0.3 is 15.8 Å². The van der Waals surface area contributed by atoms with E-state index < -0.39 is 6.09 Å². The molecule has 118 valence electrons. The summed E-state index contributed by atoms with van der Waals surface area (Å²) in [5.41, 5.74) is 5.63. The molecule has 0 fully saturated rings. The molecule has 1 aliphatic carbocycles. The van der Waals surface area contributed by atoms with E-state index in [4.69, 9.17) is 10.5 Å². The summed E-state index contributed by atoms with van der Waals surface area (Å²) < 4.78 is 5.29. The molecule has 1 rings (SSSR count). The Labute approximate surface area is 127 Å². The molecular formula is C16H26N2O3. The van der Waals surface area contributed by atoms with Gasteiger partial charge in [-0.3, -0.25) is 4.79 Å². The highest BCUT2D eigenvalue weighted by atomic mass is 16.6. The number of hydrogen-bond donors (Lipinski definition) is 2. The summed E-state index contributed by atoms with van der Waals surface area (Å²) in [4.78, 5) is 22.6. The Balaban J connectivity index is 2.11. The molecule has 0 radical (unpaired) electrons. The zero-order chi connectivity index (χ0) is 15.5. The van der Waals surface area contributed by atoms with E-state index in [1.807, 2.05) is 0 Å². The van der Waals surface area contributed by atoms with Crippen molar-refractivity contribution in [1.29, 1.82) is 0 Å². The second-order valence-corrected chi connectivity index (χ2v) is 5.45. The standard InChI is InChI=1S/C16H26N2O3/c1-13(19)15(17)11-7-8-12-18-16(20)21-14-9-5-3-2-4-6-10-14/h14-15H,2-5,7-9,11-12,17H2,1H3,(H,18,20). The van der Waals surface area contributed by atoms with E-state index in [0.717, 1.165) is 44.9 Å². The van der Waals surface area contributed by atoms with E-state index in [-0.39, 0.29) is 17.9 Å². The van der Waals surface area contributed by atoms with Crippen LogP contribution in [0.2, 0.25) is 0 Å². The number of alkyl carbamates (subject to hydrolysis) is 1. The average molecular weight is 294 g/mol. The van der Waals surface area contributed by atoms with Gasteiger partial charge in [-0.15, -0.1) is 0 Å². The van der Waals surface area contributed by atoms with Gasteiger partial charge in [-0.1, -0.05) is 18.3 Å². The number of nitrogens with two attached hydrogens (primary N) is 1. The van der Waals surface area contributed by atoms with Gasteiger partial charge in [0.25, 0.3) is 0 Å². The lowest BCUT2D eigenvalue weighted by molar-refractivity contribution is -0.118. The lowest BCUT2D eigenvalue weighted by atomic mass is 10.1. The molecule has 1 amide bonds. The quantitative estimate of drug-likeness (QED) is 0.557. The highest BCUT2D eigenvalue weighted by molar-refractivity contribution is 5.81. The van der Waals surface area contributed by atoms with Gasteiger partial charge in [-0.05, 0) is 45.4 Å². The minimum atomic E-state index is -0.411. The van der Waals surface area contributed by atoms with Crippen molar-refractivity contribution < 1.29 is 14.3 Å². The van der Waals surface area contributed by atoms with E-state index >= 15 is 0 Å². The molecular weight excluding hydrogens is 268 g/mol. The van der Waals surface area contributed by atoms with Gasteiger partial charge >= 0.3 is 6.09 Å². The fraction of sp³-hybridized carbons (Fsp3) is 0.750. The average Bonchev–Trinajstić information content (AvgIpc) is 2.41. The molecule has 0 aromatic rings. The molecule has 2 unspecified atom stereocenters. The Morgan fingerprint density at radius 2 is 2.14 bits per heavy atom. The van der Waals surface area contributed by atoms with Crippen molar-refractivity contribution in [3.05, 3.63) is 0 Å². The molecule has 0 spiro atoms. The molecule has 3 N–H and O–H groups in total. The molecule has 5 heteroatoms. The topological polar surface area (TPSA) is 81.4 Å². The summed E-state index contributed by atoms with van der Waals surface area (Å²) in [7, 11) is 0. The first-order chi connectivity index (χ1) is 10.1. The predicted molar refractivity (Wildman–Crippen MR) is 81.6 cm³/mol. The molecule has 21 heavy (non-hydrogen) atoms. The normalized spacial score (nSPS) is 19.4. The number of Topliss-reactive ketones (excluding diaryl/α,β-unsaturated/α-hetero) is 1. The molecule has 0 aromatic carbocycles. The second-order valence-electron chi connectivity index (χ2n) is 5.45. The van der Waals surface area contributed by atoms with Crippen LogP contribution in [-0.4, -0.2) is 30.6 Å². The molecule has 0 saturated carbocycles. The van der Waals surface area contributed by atoms with Gasteiger partial charge in [0.2, 0.25) is 0 Å². The molecule has 5 nitrogen and oxygen atoms in total. The van der Waals surface area contributed by atoms with E-state index in [0.29, 0.717) is 13.0 Å². The Morgan fingerprint density at radius 3 is 2.90 bits per heavy atom. The van der Waals surface area contributed by atoms with E-state index in [1.165, 1.54) is 6.92 Å². The first kappa shape index (κ1) is 17.5. The van der Waals surface area contributed by atoms with Crippen LogP contribution >= 0.6 is 0 Å². The molecule has 0 aliphatic heterocycles. The van der Waals surface area contributed by atoms with Crippen LogP contribution in [0.15, 0.2) is 0 Å². The molecule has 0 bridgehead atoms. The van der Waals surface area contributed by atoms with Gasteiger partial charge in [0.1, 0.15) is 5.78 Å². The number of ether oxygens (including phenoxy) is 1. The number of carbonyl (C=O) groups is 2. The monoisotopic (exact) mass is 294 g/mol. The lowest BCUT2D eigenvalue weighted by Crippen LogP contribution is -2.30. The van der Waals surface area contributed by atoms with Gasteiger partial charge in [0.05, 0.1) is 6.04 Å². The van der Waals surface area contributed by atoms with Crippen LogP contribution in [0.1, 0.15) is 58.3 Å². The number of unbranched alkanes of at least 4 members (excludes halogenated alkanes) is 1. The van der Waals surface area contributed by atoms with Crippen molar-refractivity contribution >= 4 is 11.9 Å². The van der Waals surface area contributed by atoms with Crippen molar-refractivity contribution in [3.8, 4) is 11.8 Å². The van der Waals surface area contributed by atoms with Crippen LogP contribution in [0.25, 0.3) is 0 Å². The maximum atomic E-state index is 11.6. The number of hydrogen-bond acceptors (Lipinski definition) is 4. The van der Waals surface area contributed by atoms with Crippen LogP contribution in [0.5, 0.6) is 0 Å². The Kier molecular flexibility index (Phi) is 8.53. The van der Waals surface area contributed by atoms with Crippen LogP contribution < -0.4 is 11.1 Å². The molecule has 2 atom stereocenters. The SMILES string of the molecule is CC(=O)C(N)CCCCNC(=O)OC1C#CCCCCC1. The van der Waals surface area contributed by atoms with Gasteiger partial charge in [0.15, 0.2) is 6.10 Å². The summed E-state index contributed by atoms with van der Waals surface area (Å²) in [6.07, 6.45) is 6.58. The molecule has 0 saturated heterocycles. The summed E-state index contributed by atoms with van der Waals surface area (Å²) in [5.74, 6) is 6.04. The Hall–Kier alpha value is -1.54. The van der Waals surface area contributed by atoms with Crippen LogP contribution in [-0.2, 0) is 9.53 Å². The number of ketones is 1. The number of rotatable bonds is 7. The van der Waals surface area contributed by atoms with Crippen molar-refractivity contribution in [2.75, 3.05) is 6.54 Å². The van der Waals surface area contributed by atoms with E-state index in [9.17, 15) is 9.59 Å². The van der Waals surface area contributed by atoms with Crippen molar-refractivity contribution in [2.45, 2.75) is 70.4 Å². The summed E-state index contributed by atoms with van der Waals surface area (Å²) >= 11 is 0. The smallest absolute Gasteiger partial charge is 0.408 e. The first-order valence-corrected chi connectivity index (χ1v) is 7.78. The Bertz CT molecular complexity index is 398. The second kappa shape index (κ2) is 10.2. The third-order valence-electron chi connectivity index (χ3n) is 3.51. The Morgan fingerprint density at radius 1 is 1.33 bits per heavy atom. The summed E-state index contributed by atoms with van der Waals surface area (Å²) in [6, 6.07) is -0.387. The number of nitrogens with one attached hydrogen (secondary N) is 1. The van der Waals surface area contributed by atoms with E-state index in [1.54, 1.807) is 0 Å². The van der Waals surface area contributed by atoms with Crippen molar-refractivity contribution in [3.63, 3.8) is 0 Å². The maximum Gasteiger partial charge on any atom is 0.408 e. The van der Waals surface area contributed by atoms with Crippen molar-refractivity contribution in [1.82, 2.24) is 5.32 Å². The lowest BCUT2D eigenvalue weighted by Gasteiger charge is -2.14. The fourth-order valence-electron chi connectivity index (χ4n) is 2.12. The largest absolute Gasteiger partial charge is 0.433 e. The third kappa shape index (κ3) is 8.36. The first-order valence-electron chi connectivity index (χ1n) is 7.78. The van der Waals surface area contributed by atoms with Gasteiger partial charge in [0, 0.05) is 13.0 Å². The summed E-state index contributed by atoms with van der Waals surface area (Å²) in [5, 5.41) is 2.71. The number of amides is 1. The number of carbonyl (C=O) groups excluding carboxylic acids is 2. The van der Waals surface area contributed by atoms with Gasteiger partial charge in [-0.25, -0.2) is 4.79 Å². The molecule has 1 aliphatic rings. The van der Waals surface area contributed by atoms with Crippen molar-refractivity contribution in [2.24, 2.45) is 5.73 Å². The minimum absolute atomic E-state index is 0.00484. The van der Waals surface area contributed by atoms with Gasteiger partial charge in [-0.2, -0.15) is 0 Å². The highest BCUT2D eigenvalue weighted by Gasteiger charge is 2.12. The molecule has 0 heterocycles. The van der Waals surface area contributed by atoms with Crippen LogP contribution in [0, 0.1) is 11.8 Å². The molecule has 0 aromatic heterocycles. The van der Waals surface area contributed by atoms with Crippen LogP contribution in [0.4, 0.5) is 4.79 Å². The van der Waals surface area contributed by atoms with E-state index in [2.05, 4.69) is 17.2 Å². The fourth-order valence-corrected chi connectivity index (χ4v) is 2.12. The highest BCUT2D eigenvalue weighted by Crippen LogP contribution is 2.10. The van der Waals surface area contributed by atoms with Crippen LogP contribution in [0.3, 0.4) is 0 Å². The third-order valence-corrected chi connectivity index (χ3v) is 3.51. The minimum Gasteiger partial charge on any atom is -0.433 e.